The average molecular weight is 307 g/mol. The number of halogens is 2. The van der Waals surface area contributed by atoms with Crippen molar-refractivity contribution in [2.75, 3.05) is 13.2 Å². The minimum absolute atomic E-state index is 0.0302. The zero-order valence-corrected chi connectivity index (χ0v) is 12.3. The molecule has 0 fully saturated rings. The lowest BCUT2D eigenvalue weighted by Gasteiger charge is -2.12. The molecule has 0 aliphatic carbocycles. The van der Waals surface area contributed by atoms with Gasteiger partial charge in [-0.15, -0.1) is 0 Å². The molecule has 0 saturated heterocycles. The number of rotatable bonds is 8. The van der Waals surface area contributed by atoms with Crippen LogP contribution >= 0.6 is 0 Å². The summed E-state index contributed by atoms with van der Waals surface area (Å²) in [6.07, 6.45) is 0.654. The number of sulfone groups is 1. The van der Waals surface area contributed by atoms with Crippen LogP contribution in [-0.2, 0) is 9.84 Å². The summed E-state index contributed by atoms with van der Waals surface area (Å²) in [6, 6.07) is 5.80. The van der Waals surface area contributed by atoms with Gasteiger partial charge in [0.2, 0.25) is 9.84 Å². The minimum Gasteiger partial charge on any atom is -0.492 e. The van der Waals surface area contributed by atoms with Crippen molar-refractivity contribution in [2.24, 2.45) is 0 Å². The fourth-order valence-corrected chi connectivity index (χ4v) is 2.41. The number of ether oxygens (including phenoxy) is 1. The van der Waals surface area contributed by atoms with Crippen LogP contribution in [0, 0.1) is 0 Å². The molecule has 1 N–H and O–H groups in total. The predicted octanol–water partition coefficient (Wildman–Crippen LogP) is 2.45. The Kier molecular flexibility index (Phi) is 6.35. The molecule has 0 bridgehead atoms. The lowest BCUT2D eigenvalue weighted by atomic mass is 10.3. The van der Waals surface area contributed by atoms with E-state index in [0.29, 0.717) is 19.0 Å². The molecule has 20 heavy (non-hydrogen) atoms. The van der Waals surface area contributed by atoms with Crippen molar-refractivity contribution in [3.05, 3.63) is 24.3 Å². The van der Waals surface area contributed by atoms with E-state index in [1.807, 2.05) is 13.8 Å². The summed E-state index contributed by atoms with van der Waals surface area (Å²) < 4.78 is 53.4. The Balaban J connectivity index is 2.68. The van der Waals surface area contributed by atoms with Crippen molar-refractivity contribution in [2.45, 2.75) is 37.0 Å². The Bertz CT molecular complexity index is 518. The summed E-state index contributed by atoms with van der Waals surface area (Å²) in [5.41, 5.74) is 0. The highest BCUT2D eigenvalue weighted by Gasteiger charge is 2.29. The number of hydrogen-bond donors (Lipinski definition) is 1. The van der Waals surface area contributed by atoms with E-state index in [1.54, 1.807) is 6.07 Å². The Labute approximate surface area is 118 Å². The van der Waals surface area contributed by atoms with E-state index in [-0.39, 0.29) is 12.4 Å². The number of para-hydroxylation sites is 1. The number of benzene rings is 1. The highest BCUT2D eigenvalue weighted by molar-refractivity contribution is 7.91. The predicted molar refractivity (Wildman–Crippen MR) is 72.9 cm³/mol. The van der Waals surface area contributed by atoms with E-state index in [0.717, 1.165) is 6.07 Å². The van der Waals surface area contributed by atoms with E-state index in [2.05, 4.69) is 5.32 Å². The highest BCUT2D eigenvalue weighted by atomic mass is 32.2. The topological polar surface area (TPSA) is 55.4 Å². The van der Waals surface area contributed by atoms with Gasteiger partial charge in [0.15, 0.2) is 0 Å². The third kappa shape index (κ3) is 4.72. The van der Waals surface area contributed by atoms with Gasteiger partial charge in [-0.25, -0.2) is 8.42 Å². The summed E-state index contributed by atoms with van der Waals surface area (Å²) in [4.78, 5) is -0.466. The van der Waals surface area contributed by atoms with Crippen LogP contribution < -0.4 is 10.1 Å². The minimum atomic E-state index is -4.64. The maximum absolute atomic E-state index is 12.6. The molecule has 0 aliphatic heterocycles. The summed E-state index contributed by atoms with van der Waals surface area (Å²) in [5, 5.41) is 3.18. The molecule has 0 aromatic heterocycles. The van der Waals surface area contributed by atoms with Crippen LogP contribution in [0.15, 0.2) is 29.2 Å². The molecule has 1 aromatic rings. The first-order valence-electron chi connectivity index (χ1n) is 6.33. The molecule has 0 amide bonds. The highest BCUT2D eigenvalue weighted by Crippen LogP contribution is 2.27. The second-order valence-corrected chi connectivity index (χ2v) is 6.45. The van der Waals surface area contributed by atoms with Crippen LogP contribution in [0.1, 0.15) is 20.3 Å². The standard InChI is InChI=1S/C13H19F2NO3S/c1-10(2)16-8-5-9-19-11-6-3-4-7-12(11)20(17,18)13(14)15/h3-4,6-7,10,13,16H,5,8-9H2,1-2H3. The van der Waals surface area contributed by atoms with Crippen LogP contribution in [0.5, 0.6) is 5.75 Å². The van der Waals surface area contributed by atoms with Crippen molar-refractivity contribution in [3.8, 4) is 5.75 Å². The molecule has 0 radical (unpaired) electrons. The molecule has 0 aliphatic rings. The molecule has 0 unspecified atom stereocenters. The first-order chi connectivity index (χ1) is 9.35. The van der Waals surface area contributed by atoms with Gasteiger partial charge < -0.3 is 10.1 Å². The van der Waals surface area contributed by atoms with Crippen molar-refractivity contribution in [3.63, 3.8) is 0 Å². The van der Waals surface area contributed by atoms with Gasteiger partial charge in [0, 0.05) is 6.04 Å². The second kappa shape index (κ2) is 7.54. The zero-order chi connectivity index (χ0) is 15.2. The third-order valence-corrected chi connectivity index (χ3v) is 3.94. The van der Waals surface area contributed by atoms with E-state index >= 15 is 0 Å². The zero-order valence-electron chi connectivity index (χ0n) is 11.5. The lowest BCUT2D eigenvalue weighted by Crippen LogP contribution is -2.25. The van der Waals surface area contributed by atoms with Gasteiger partial charge >= 0.3 is 5.76 Å². The van der Waals surface area contributed by atoms with E-state index < -0.39 is 20.5 Å². The van der Waals surface area contributed by atoms with E-state index in [1.165, 1.54) is 12.1 Å². The summed E-state index contributed by atoms with van der Waals surface area (Å²) in [5.74, 6) is -3.48. The maximum atomic E-state index is 12.6. The first-order valence-corrected chi connectivity index (χ1v) is 7.87. The third-order valence-electron chi connectivity index (χ3n) is 2.52. The van der Waals surface area contributed by atoms with Gasteiger partial charge in [-0.1, -0.05) is 26.0 Å². The fraction of sp³-hybridized carbons (Fsp3) is 0.538. The normalized spacial score (nSPS) is 12.1. The molecule has 1 aromatic carbocycles. The largest absolute Gasteiger partial charge is 0.492 e. The van der Waals surface area contributed by atoms with Crippen LogP contribution in [0.2, 0.25) is 0 Å². The molecule has 0 atom stereocenters. The Hall–Kier alpha value is -1.21. The van der Waals surface area contributed by atoms with Crippen LogP contribution in [0.3, 0.4) is 0 Å². The Morgan fingerprint density at radius 3 is 2.50 bits per heavy atom. The van der Waals surface area contributed by atoms with Crippen LogP contribution in [0.25, 0.3) is 0 Å². The molecule has 0 saturated carbocycles. The summed E-state index contributed by atoms with van der Waals surface area (Å²) in [6.45, 7) is 4.98. The van der Waals surface area contributed by atoms with Gasteiger partial charge in [0.25, 0.3) is 0 Å². The fourth-order valence-electron chi connectivity index (χ4n) is 1.55. The Morgan fingerprint density at radius 1 is 1.25 bits per heavy atom. The lowest BCUT2D eigenvalue weighted by molar-refractivity contribution is 0.233. The van der Waals surface area contributed by atoms with Crippen LogP contribution in [0.4, 0.5) is 8.78 Å². The second-order valence-electron chi connectivity index (χ2n) is 4.56. The van der Waals surface area contributed by atoms with Gasteiger partial charge in [0.1, 0.15) is 10.6 Å². The van der Waals surface area contributed by atoms with Gasteiger partial charge in [0.05, 0.1) is 6.61 Å². The molecule has 4 nitrogen and oxygen atoms in total. The van der Waals surface area contributed by atoms with Crippen molar-refractivity contribution >= 4 is 9.84 Å². The quantitative estimate of drug-likeness (QED) is 0.750. The Morgan fingerprint density at radius 2 is 1.90 bits per heavy atom. The smallest absolute Gasteiger partial charge is 0.341 e. The van der Waals surface area contributed by atoms with Crippen molar-refractivity contribution < 1.29 is 21.9 Å². The van der Waals surface area contributed by atoms with E-state index in [4.69, 9.17) is 4.74 Å². The summed E-state index contributed by atoms with van der Waals surface area (Å²) in [7, 11) is -4.64. The number of alkyl halides is 2. The SMILES string of the molecule is CC(C)NCCCOc1ccccc1S(=O)(=O)C(F)F. The monoisotopic (exact) mass is 307 g/mol. The van der Waals surface area contributed by atoms with E-state index in [9.17, 15) is 17.2 Å². The van der Waals surface area contributed by atoms with Gasteiger partial charge in [-0.05, 0) is 25.1 Å². The van der Waals surface area contributed by atoms with Gasteiger partial charge in [-0.2, -0.15) is 8.78 Å². The first kappa shape index (κ1) is 16.8. The average Bonchev–Trinajstić information content (AvgIpc) is 2.38. The van der Waals surface area contributed by atoms with Crippen molar-refractivity contribution in [1.82, 2.24) is 5.32 Å². The number of nitrogens with one attached hydrogen (secondary N) is 1. The van der Waals surface area contributed by atoms with Crippen LogP contribution in [-0.4, -0.2) is 33.4 Å². The molecule has 7 heteroatoms. The molecular formula is C13H19F2NO3S. The maximum Gasteiger partial charge on any atom is 0.341 e. The van der Waals surface area contributed by atoms with Crippen molar-refractivity contribution in [1.29, 1.82) is 0 Å². The number of hydrogen-bond acceptors (Lipinski definition) is 4. The molecule has 1 rings (SSSR count). The molecule has 0 heterocycles. The molecule has 114 valence electrons. The van der Waals surface area contributed by atoms with Gasteiger partial charge in [-0.3, -0.25) is 0 Å². The molecule has 0 spiro atoms. The summed E-state index contributed by atoms with van der Waals surface area (Å²) >= 11 is 0. The molecular weight excluding hydrogens is 288 g/mol.